The predicted octanol–water partition coefficient (Wildman–Crippen LogP) is 2.83. The van der Waals surface area contributed by atoms with Crippen molar-refractivity contribution in [1.29, 1.82) is 5.41 Å². The summed E-state index contributed by atoms with van der Waals surface area (Å²) in [6.07, 6.45) is -0.00593. The van der Waals surface area contributed by atoms with E-state index in [0.717, 1.165) is 0 Å². The molecule has 2 atom stereocenters. The number of nitrogens with one attached hydrogen (secondary N) is 1. The van der Waals surface area contributed by atoms with Crippen molar-refractivity contribution < 1.29 is 4.74 Å². The lowest BCUT2D eigenvalue weighted by atomic mass is 10.0. The summed E-state index contributed by atoms with van der Waals surface area (Å²) in [7, 11) is 1.93. The molecule has 0 aromatic heterocycles. The number of likely N-dealkylation sites (N-methyl/N-ethyl adjacent to an activating group) is 1. The molecule has 1 N–H and O–H groups in total. The smallest absolute Gasteiger partial charge is 0.285 e. The molecular weight excluding hydrogens is 212 g/mol. The van der Waals surface area contributed by atoms with Gasteiger partial charge in [0.1, 0.15) is 6.04 Å². The molecule has 0 spiro atoms. The van der Waals surface area contributed by atoms with Crippen LogP contribution in [0.1, 0.15) is 23.3 Å². The maximum atomic E-state index is 7.79. The number of amidine groups is 1. The van der Waals surface area contributed by atoms with Gasteiger partial charge in [0, 0.05) is 12.6 Å². The number of hydrogen-bond acceptors (Lipinski definition) is 2. The van der Waals surface area contributed by atoms with Crippen LogP contribution >= 0.6 is 0 Å². The van der Waals surface area contributed by atoms with E-state index < -0.39 is 0 Å². The van der Waals surface area contributed by atoms with Crippen LogP contribution in [-0.4, -0.2) is 18.0 Å². The first-order chi connectivity index (χ1) is 8.27. The Balaban J connectivity index is 2.08. The van der Waals surface area contributed by atoms with Gasteiger partial charge >= 0.3 is 0 Å². The van der Waals surface area contributed by atoms with E-state index >= 15 is 0 Å². The van der Waals surface area contributed by atoms with E-state index in [1.165, 1.54) is 21.9 Å². The highest BCUT2D eigenvalue weighted by Gasteiger charge is 2.45. The standard InChI is InChI=1S/C14H12N2O/c1-16-12-9-6-2-4-8-5-3-7-10(11(8)9)13(12)17-14(16)15/h2-7,12-13,15H,1H3. The average Bonchev–Trinajstić information content (AvgIpc) is 2.80. The molecule has 1 aliphatic heterocycles. The Bertz CT molecular complexity index is 644. The van der Waals surface area contributed by atoms with Crippen molar-refractivity contribution >= 4 is 16.8 Å². The molecule has 84 valence electrons. The maximum Gasteiger partial charge on any atom is 0.285 e. The fourth-order valence-corrected chi connectivity index (χ4v) is 3.09. The summed E-state index contributed by atoms with van der Waals surface area (Å²) in [5.74, 6) is 0. The van der Waals surface area contributed by atoms with Crippen LogP contribution in [0.25, 0.3) is 10.8 Å². The molecule has 17 heavy (non-hydrogen) atoms. The number of nitrogens with zero attached hydrogens (tertiary/aromatic N) is 1. The molecule has 0 bridgehead atoms. The van der Waals surface area contributed by atoms with Gasteiger partial charge in [-0.05, 0) is 16.3 Å². The Labute approximate surface area is 99.1 Å². The lowest BCUT2D eigenvalue weighted by molar-refractivity contribution is 0.204. The molecule has 3 heteroatoms. The van der Waals surface area contributed by atoms with Crippen LogP contribution in [0.3, 0.4) is 0 Å². The van der Waals surface area contributed by atoms with Crippen molar-refractivity contribution in [1.82, 2.24) is 4.90 Å². The minimum atomic E-state index is -0.00593. The highest BCUT2D eigenvalue weighted by atomic mass is 16.5. The van der Waals surface area contributed by atoms with Gasteiger partial charge in [-0.1, -0.05) is 36.4 Å². The van der Waals surface area contributed by atoms with E-state index in [-0.39, 0.29) is 18.2 Å². The van der Waals surface area contributed by atoms with Gasteiger partial charge in [0.2, 0.25) is 0 Å². The second-order valence-electron chi connectivity index (χ2n) is 4.69. The summed E-state index contributed by atoms with van der Waals surface area (Å²) in [5, 5.41) is 10.4. The molecule has 1 heterocycles. The molecule has 1 aliphatic carbocycles. The summed E-state index contributed by atoms with van der Waals surface area (Å²) < 4.78 is 5.68. The van der Waals surface area contributed by atoms with Crippen LogP contribution in [0.5, 0.6) is 0 Å². The largest absolute Gasteiger partial charge is 0.454 e. The Morgan fingerprint density at radius 3 is 2.59 bits per heavy atom. The minimum absolute atomic E-state index is 0.00593. The molecule has 1 fully saturated rings. The number of fused-ring (bicyclic) bond motifs is 3. The summed E-state index contributed by atoms with van der Waals surface area (Å²) in [5.41, 5.74) is 2.50. The van der Waals surface area contributed by atoms with Gasteiger partial charge in [-0.2, -0.15) is 0 Å². The lowest BCUT2D eigenvalue weighted by Crippen LogP contribution is -2.22. The highest BCUT2D eigenvalue weighted by Crippen LogP contribution is 2.51. The molecule has 2 aliphatic rings. The quantitative estimate of drug-likeness (QED) is 0.747. The molecule has 2 aromatic rings. The zero-order valence-corrected chi connectivity index (χ0v) is 9.47. The first kappa shape index (κ1) is 9.05. The molecule has 0 amide bonds. The number of benzene rings is 2. The number of ether oxygens (including phenoxy) is 1. The molecule has 4 rings (SSSR count). The van der Waals surface area contributed by atoms with Crippen molar-refractivity contribution in [3.63, 3.8) is 0 Å². The highest BCUT2D eigenvalue weighted by molar-refractivity contribution is 5.93. The summed E-state index contributed by atoms with van der Waals surface area (Å²) in [6.45, 7) is 0. The van der Waals surface area contributed by atoms with Crippen molar-refractivity contribution in [3.8, 4) is 0 Å². The maximum absolute atomic E-state index is 7.79. The van der Waals surface area contributed by atoms with E-state index in [0.29, 0.717) is 0 Å². The van der Waals surface area contributed by atoms with Crippen LogP contribution in [0, 0.1) is 5.41 Å². The number of hydrogen-bond donors (Lipinski definition) is 1. The molecule has 0 saturated carbocycles. The Hall–Kier alpha value is -2.03. The van der Waals surface area contributed by atoms with Crippen molar-refractivity contribution in [2.75, 3.05) is 7.05 Å². The third-order valence-electron chi connectivity index (χ3n) is 3.86. The predicted molar refractivity (Wildman–Crippen MR) is 66.0 cm³/mol. The van der Waals surface area contributed by atoms with Crippen LogP contribution in [-0.2, 0) is 4.74 Å². The van der Waals surface area contributed by atoms with Crippen molar-refractivity contribution in [2.24, 2.45) is 0 Å². The van der Waals surface area contributed by atoms with Gasteiger partial charge in [0.15, 0.2) is 6.10 Å². The summed E-state index contributed by atoms with van der Waals surface area (Å²) >= 11 is 0. The van der Waals surface area contributed by atoms with Crippen LogP contribution in [0.2, 0.25) is 0 Å². The molecular formula is C14H12N2O. The van der Waals surface area contributed by atoms with Crippen LogP contribution in [0.15, 0.2) is 36.4 Å². The SMILES string of the molecule is CN1C(=N)OC2c3cccc4cccc(c34)C21. The Kier molecular flexibility index (Phi) is 1.49. The summed E-state index contributed by atoms with van der Waals surface area (Å²) in [4.78, 5) is 1.92. The van der Waals surface area contributed by atoms with E-state index in [4.69, 9.17) is 10.1 Å². The van der Waals surface area contributed by atoms with E-state index in [9.17, 15) is 0 Å². The van der Waals surface area contributed by atoms with Gasteiger partial charge < -0.3 is 9.64 Å². The second-order valence-corrected chi connectivity index (χ2v) is 4.69. The lowest BCUT2D eigenvalue weighted by Gasteiger charge is -2.17. The fourth-order valence-electron chi connectivity index (χ4n) is 3.09. The zero-order chi connectivity index (χ0) is 11.6. The third-order valence-corrected chi connectivity index (χ3v) is 3.86. The van der Waals surface area contributed by atoms with E-state index in [1.807, 2.05) is 11.9 Å². The Morgan fingerprint density at radius 2 is 1.82 bits per heavy atom. The fraction of sp³-hybridized carbons (Fsp3) is 0.214. The molecule has 2 aromatic carbocycles. The monoisotopic (exact) mass is 224 g/mol. The van der Waals surface area contributed by atoms with Crippen molar-refractivity contribution in [2.45, 2.75) is 12.1 Å². The number of rotatable bonds is 0. The van der Waals surface area contributed by atoms with Gasteiger partial charge in [-0.25, -0.2) is 0 Å². The first-order valence-corrected chi connectivity index (χ1v) is 5.77. The minimum Gasteiger partial charge on any atom is -0.454 e. The molecule has 0 radical (unpaired) electrons. The topological polar surface area (TPSA) is 36.3 Å². The molecule has 2 unspecified atom stereocenters. The van der Waals surface area contributed by atoms with Crippen LogP contribution in [0.4, 0.5) is 0 Å². The van der Waals surface area contributed by atoms with Crippen LogP contribution < -0.4 is 0 Å². The average molecular weight is 224 g/mol. The van der Waals surface area contributed by atoms with E-state index in [2.05, 4.69) is 36.4 Å². The third kappa shape index (κ3) is 0.947. The first-order valence-electron chi connectivity index (χ1n) is 5.77. The van der Waals surface area contributed by atoms with Gasteiger partial charge in [0.05, 0.1) is 0 Å². The summed E-state index contributed by atoms with van der Waals surface area (Å²) in [6, 6.07) is 13.1. The van der Waals surface area contributed by atoms with Crippen molar-refractivity contribution in [3.05, 3.63) is 47.5 Å². The Morgan fingerprint density at radius 1 is 1.12 bits per heavy atom. The zero-order valence-electron chi connectivity index (χ0n) is 9.47. The second kappa shape index (κ2) is 2.80. The molecule has 1 saturated heterocycles. The normalized spacial score (nSPS) is 25.2. The van der Waals surface area contributed by atoms with E-state index in [1.54, 1.807) is 0 Å². The van der Waals surface area contributed by atoms with Gasteiger partial charge in [0.25, 0.3) is 6.02 Å². The molecule has 3 nitrogen and oxygen atoms in total. The van der Waals surface area contributed by atoms with Gasteiger partial charge in [-0.15, -0.1) is 0 Å². The van der Waals surface area contributed by atoms with Gasteiger partial charge in [-0.3, -0.25) is 5.41 Å².